The molecule has 0 fully saturated rings. The topological polar surface area (TPSA) is 37.8 Å². The van der Waals surface area contributed by atoms with Crippen LogP contribution in [0.1, 0.15) is 44.0 Å². The number of hydrogen-bond donors (Lipinski definition) is 1. The van der Waals surface area contributed by atoms with Crippen LogP contribution in [0.25, 0.3) is 11.3 Å². The Morgan fingerprint density at radius 2 is 1.90 bits per heavy atom. The van der Waals surface area contributed by atoms with E-state index in [1.807, 2.05) is 0 Å². The Morgan fingerprint density at radius 1 is 1.20 bits per heavy atom. The first-order valence-electron chi connectivity index (χ1n) is 7.02. The van der Waals surface area contributed by atoms with E-state index in [0.29, 0.717) is 0 Å². The molecule has 0 amide bonds. The Labute approximate surface area is 125 Å². The lowest BCUT2D eigenvalue weighted by Crippen LogP contribution is -2.19. The van der Waals surface area contributed by atoms with Gasteiger partial charge in [0.15, 0.2) is 0 Å². The molecule has 0 radical (unpaired) electrons. The summed E-state index contributed by atoms with van der Waals surface area (Å²) in [5, 5.41) is 5.48. The molecule has 108 valence electrons. The summed E-state index contributed by atoms with van der Waals surface area (Å²) in [6, 6.07) is 2.15. The van der Waals surface area contributed by atoms with Gasteiger partial charge in [0.05, 0.1) is 5.69 Å². The lowest BCUT2D eigenvalue weighted by atomic mass is 9.95. The molecule has 3 nitrogen and oxygen atoms in total. The molecule has 0 unspecified atom stereocenters. The van der Waals surface area contributed by atoms with Crippen LogP contribution in [0.2, 0.25) is 0 Å². The fourth-order valence-electron chi connectivity index (χ4n) is 2.08. The zero-order chi connectivity index (χ0) is 14.9. The Balaban J connectivity index is 2.67. The minimum atomic E-state index is -0.0590. The summed E-state index contributed by atoms with van der Waals surface area (Å²) in [6.07, 6.45) is 0. The molecule has 0 spiro atoms. The van der Waals surface area contributed by atoms with Crippen LogP contribution in [0, 0.1) is 13.8 Å². The average Bonchev–Trinajstić information content (AvgIpc) is 2.77. The summed E-state index contributed by atoms with van der Waals surface area (Å²) in [5.41, 5.74) is 3.34. The van der Waals surface area contributed by atoms with Crippen molar-refractivity contribution in [2.45, 2.75) is 47.0 Å². The molecule has 2 aromatic heterocycles. The maximum atomic E-state index is 4.85. The molecule has 0 atom stereocenters. The van der Waals surface area contributed by atoms with Crippen molar-refractivity contribution in [3.05, 3.63) is 27.7 Å². The molecule has 2 rings (SSSR count). The summed E-state index contributed by atoms with van der Waals surface area (Å²) in [5.74, 6) is 1.84. The molecule has 2 aromatic rings. The first-order chi connectivity index (χ1) is 9.34. The van der Waals surface area contributed by atoms with Gasteiger partial charge in [-0.15, -0.1) is 11.3 Å². The van der Waals surface area contributed by atoms with E-state index in [1.54, 1.807) is 11.3 Å². The second-order valence-electron chi connectivity index (χ2n) is 6.04. The van der Waals surface area contributed by atoms with Gasteiger partial charge >= 0.3 is 0 Å². The van der Waals surface area contributed by atoms with Crippen LogP contribution in [0.4, 0.5) is 5.82 Å². The highest BCUT2D eigenvalue weighted by molar-refractivity contribution is 7.10. The molecule has 4 heteroatoms. The third kappa shape index (κ3) is 2.85. The minimum Gasteiger partial charge on any atom is -0.370 e. The summed E-state index contributed by atoms with van der Waals surface area (Å²) in [7, 11) is 0. The fourth-order valence-corrected chi connectivity index (χ4v) is 2.78. The number of rotatable bonds is 3. The maximum Gasteiger partial charge on any atom is 0.136 e. The van der Waals surface area contributed by atoms with Gasteiger partial charge in [0, 0.05) is 28.0 Å². The highest BCUT2D eigenvalue weighted by atomic mass is 32.1. The van der Waals surface area contributed by atoms with Crippen molar-refractivity contribution in [3.63, 3.8) is 0 Å². The van der Waals surface area contributed by atoms with Crippen LogP contribution >= 0.6 is 11.3 Å². The number of aryl methyl sites for hydroxylation is 1. The Kier molecular flexibility index (Phi) is 4.14. The van der Waals surface area contributed by atoms with Crippen LogP contribution in [-0.2, 0) is 5.41 Å². The lowest BCUT2D eigenvalue weighted by molar-refractivity contribution is 0.546. The SMILES string of the molecule is CCNc1nc(C(C)(C)C)nc(-c2ccsc2C)c1C. The summed E-state index contributed by atoms with van der Waals surface area (Å²) < 4.78 is 0. The zero-order valence-electron chi connectivity index (χ0n) is 13.2. The summed E-state index contributed by atoms with van der Waals surface area (Å²) in [6.45, 7) is 13.6. The van der Waals surface area contributed by atoms with Gasteiger partial charge in [0.2, 0.25) is 0 Å². The summed E-state index contributed by atoms with van der Waals surface area (Å²) in [4.78, 5) is 10.9. The molecule has 0 saturated heterocycles. The van der Waals surface area contributed by atoms with Gasteiger partial charge in [-0.05, 0) is 32.2 Å². The van der Waals surface area contributed by atoms with Crippen LogP contribution < -0.4 is 5.32 Å². The molecular formula is C16H23N3S. The lowest BCUT2D eigenvalue weighted by Gasteiger charge is -2.20. The van der Waals surface area contributed by atoms with Crippen LogP contribution in [-0.4, -0.2) is 16.5 Å². The van der Waals surface area contributed by atoms with Gasteiger partial charge in [-0.25, -0.2) is 9.97 Å². The monoisotopic (exact) mass is 289 g/mol. The number of thiophene rings is 1. The Morgan fingerprint density at radius 3 is 2.40 bits per heavy atom. The average molecular weight is 289 g/mol. The largest absolute Gasteiger partial charge is 0.370 e. The summed E-state index contributed by atoms with van der Waals surface area (Å²) >= 11 is 1.76. The smallest absolute Gasteiger partial charge is 0.136 e. The highest BCUT2D eigenvalue weighted by Crippen LogP contribution is 2.33. The molecule has 0 saturated carbocycles. The van der Waals surface area contributed by atoms with Gasteiger partial charge in [-0.2, -0.15) is 0 Å². The molecule has 0 aliphatic rings. The molecule has 2 heterocycles. The molecule has 0 aliphatic carbocycles. The first kappa shape index (κ1) is 15.0. The first-order valence-corrected chi connectivity index (χ1v) is 7.90. The van der Waals surface area contributed by atoms with Crippen molar-refractivity contribution in [2.24, 2.45) is 0 Å². The molecular weight excluding hydrogens is 266 g/mol. The van der Waals surface area contributed by atoms with Gasteiger partial charge < -0.3 is 5.32 Å². The van der Waals surface area contributed by atoms with Gasteiger partial charge in [-0.3, -0.25) is 0 Å². The number of nitrogens with one attached hydrogen (secondary N) is 1. The normalized spacial score (nSPS) is 11.7. The van der Waals surface area contributed by atoms with Crippen molar-refractivity contribution in [1.29, 1.82) is 0 Å². The molecule has 20 heavy (non-hydrogen) atoms. The van der Waals surface area contributed by atoms with E-state index in [9.17, 15) is 0 Å². The van der Waals surface area contributed by atoms with Crippen LogP contribution in [0.15, 0.2) is 11.4 Å². The van der Waals surface area contributed by atoms with E-state index >= 15 is 0 Å². The second-order valence-corrected chi connectivity index (χ2v) is 7.16. The van der Waals surface area contributed by atoms with Crippen LogP contribution in [0.5, 0.6) is 0 Å². The number of aromatic nitrogens is 2. The van der Waals surface area contributed by atoms with Gasteiger partial charge in [-0.1, -0.05) is 20.8 Å². The third-order valence-electron chi connectivity index (χ3n) is 3.27. The van der Waals surface area contributed by atoms with E-state index in [0.717, 1.165) is 29.4 Å². The molecule has 1 N–H and O–H groups in total. The van der Waals surface area contributed by atoms with E-state index in [4.69, 9.17) is 9.97 Å². The highest BCUT2D eigenvalue weighted by Gasteiger charge is 2.22. The maximum absolute atomic E-state index is 4.85. The van der Waals surface area contributed by atoms with Crippen molar-refractivity contribution in [3.8, 4) is 11.3 Å². The predicted octanol–water partition coefficient (Wildman–Crippen LogP) is 4.55. The van der Waals surface area contributed by atoms with E-state index in [1.165, 1.54) is 10.4 Å². The van der Waals surface area contributed by atoms with Crippen molar-refractivity contribution < 1.29 is 0 Å². The standard InChI is InChI=1S/C16H23N3S/c1-7-17-14-10(2)13(12-8-9-20-11(12)3)18-15(19-14)16(4,5)6/h8-9H,7H2,1-6H3,(H,17,18,19). The second kappa shape index (κ2) is 5.52. The Hall–Kier alpha value is -1.42. The molecule has 0 aromatic carbocycles. The third-order valence-corrected chi connectivity index (χ3v) is 4.12. The van der Waals surface area contributed by atoms with E-state index < -0.39 is 0 Å². The quantitative estimate of drug-likeness (QED) is 0.900. The van der Waals surface area contributed by atoms with Gasteiger partial charge in [0.25, 0.3) is 0 Å². The van der Waals surface area contributed by atoms with Crippen molar-refractivity contribution in [2.75, 3.05) is 11.9 Å². The van der Waals surface area contributed by atoms with E-state index in [2.05, 4.69) is 58.3 Å². The van der Waals surface area contributed by atoms with Crippen molar-refractivity contribution >= 4 is 17.2 Å². The van der Waals surface area contributed by atoms with Crippen LogP contribution in [0.3, 0.4) is 0 Å². The molecule has 0 bridgehead atoms. The minimum absolute atomic E-state index is 0.0590. The molecule has 0 aliphatic heterocycles. The number of anilines is 1. The Bertz CT molecular complexity index is 609. The van der Waals surface area contributed by atoms with Gasteiger partial charge in [0.1, 0.15) is 11.6 Å². The number of hydrogen-bond acceptors (Lipinski definition) is 4. The zero-order valence-corrected chi connectivity index (χ0v) is 14.0. The van der Waals surface area contributed by atoms with E-state index in [-0.39, 0.29) is 5.41 Å². The predicted molar refractivity (Wildman–Crippen MR) is 87.7 cm³/mol. The van der Waals surface area contributed by atoms with Crippen molar-refractivity contribution in [1.82, 2.24) is 9.97 Å². The number of nitrogens with zero attached hydrogens (tertiary/aromatic N) is 2. The fraction of sp³-hybridized carbons (Fsp3) is 0.500.